The van der Waals surface area contributed by atoms with Crippen molar-refractivity contribution in [1.29, 1.82) is 0 Å². The lowest BCUT2D eigenvalue weighted by atomic mass is 10.2. The molecule has 17 heavy (non-hydrogen) atoms. The van der Waals surface area contributed by atoms with Crippen molar-refractivity contribution < 1.29 is 21.6 Å². The second-order valence-electron chi connectivity index (χ2n) is 3.46. The minimum absolute atomic E-state index is 0.118. The van der Waals surface area contributed by atoms with Gasteiger partial charge in [0.05, 0.1) is 16.2 Å². The topological polar surface area (TPSA) is 60.2 Å². The van der Waals surface area contributed by atoms with Crippen molar-refractivity contribution in [1.82, 2.24) is 0 Å². The average Bonchev–Trinajstić information content (AvgIpc) is 2.25. The number of nitrogens with two attached hydrogens (primary N) is 1. The van der Waals surface area contributed by atoms with E-state index in [0.29, 0.717) is 0 Å². The van der Waals surface area contributed by atoms with Crippen LogP contribution in [-0.4, -0.2) is 20.7 Å². The molecule has 0 aliphatic heterocycles. The molecule has 0 radical (unpaired) electrons. The molecule has 1 rings (SSSR count). The van der Waals surface area contributed by atoms with Gasteiger partial charge in [0.2, 0.25) is 0 Å². The normalized spacial score (nSPS) is 12.7. The first kappa shape index (κ1) is 14.0. The molecule has 0 amide bonds. The summed E-state index contributed by atoms with van der Waals surface area (Å²) in [6.45, 7) is 0.118. The van der Waals surface area contributed by atoms with Crippen LogP contribution in [0.2, 0.25) is 0 Å². The largest absolute Gasteiger partial charge is 0.417 e. The average molecular weight is 267 g/mol. The number of hydrogen-bond donors (Lipinski definition) is 1. The monoisotopic (exact) mass is 267 g/mol. The van der Waals surface area contributed by atoms with Gasteiger partial charge in [0.15, 0.2) is 9.84 Å². The maximum Gasteiger partial charge on any atom is 0.417 e. The van der Waals surface area contributed by atoms with Gasteiger partial charge in [-0.25, -0.2) is 8.42 Å². The molecule has 2 N–H and O–H groups in total. The molecule has 0 fully saturated rings. The van der Waals surface area contributed by atoms with Crippen LogP contribution >= 0.6 is 0 Å². The fourth-order valence-electron chi connectivity index (χ4n) is 1.36. The summed E-state index contributed by atoms with van der Waals surface area (Å²) in [5.41, 5.74) is 4.02. The molecule has 0 heterocycles. The highest BCUT2D eigenvalue weighted by atomic mass is 32.2. The van der Waals surface area contributed by atoms with E-state index in [9.17, 15) is 21.6 Å². The van der Waals surface area contributed by atoms with Gasteiger partial charge in [0, 0.05) is 0 Å². The van der Waals surface area contributed by atoms with Gasteiger partial charge in [-0.15, -0.1) is 0 Å². The molecule has 0 bridgehead atoms. The summed E-state index contributed by atoms with van der Waals surface area (Å²) < 4.78 is 61.2. The van der Waals surface area contributed by atoms with Crippen LogP contribution in [0.25, 0.3) is 0 Å². The standard InChI is InChI=1S/C10H12F3NO2S/c11-10(12,13)8-4-1-2-5-9(8)17(15,16)7-3-6-14/h1-2,4-5H,3,6-7,14H2. The number of sulfone groups is 1. The molecule has 96 valence electrons. The van der Waals surface area contributed by atoms with E-state index in [-0.39, 0.29) is 18.7 Å². The highest BCUT2D eigenvalue weighted by Gasteiger charge is 2.36. The van der Waals surface area contributed by atoms with Gasteiger partial charge in [-0.1, -0.05) is 12.1 Å². The second-order valence-corrected chi connectivity index (χ2v) is 5.53. The summed E-state index contributed by atoms with van der Waals surface area (Å²) in [5.74, 6) is -0.378. The molecule has 0 aliphatic rings. The highest BCUT2D eigenvalue weighted by molar-refractivity contribution is 7.91. The van der Waals surface area contributed by atoms with Crippen LogP contribution in [0.15, 0.2) is 29.2 Å². The Labute approximate surface area is 97.4 Å². The third-order valence-corrected chi connectivity index (χ3v) is 4.00. The van der Waals surface area contributed by atoms with Gasteiger partial charge < -0.3 is 5.73 Å². The number of alkyl halides is 3. The van der Waals surface area contributed by atoms with Crippen LogP contribution in [0.5, 0.6) is 0 Å². The number of benzene rings is 1. The molecule has 0 saturated carbocycles. The Hall–Kier alpha value is -1.08. The van der Waals surface area contributed by atoms with Crippen molar-refractivity contribution in [3.8, 4) is 0 Å². The SMILES string of the molecule is NCCCS(=O)(=O)c1ccccc1C(F)(F)F. The number of halogens is 3. The van der Waals surface area contributed by atoms with Crippen LogP contribution in [0, 0.1) is 0 Å². The lowest BCUT2D eigenvalue weighted by molar-refractivity contribution is -0.139. The first-order chi connectivity index (χ1) is 7.79. The predicted molar refractivity (Wildman–Crippen MR) is 57.2 cm³/mol. The van der Waals surface area contributed by atoms with E-state index in [1.165, 1.54) is 6.07 Å². The molecule has 3 nitrogen and oxygen atoms in total. The van der Waals surface area contributed by atoms with Gasteiger partial charge in [-0.2, -0.15) is 13.2 Å². The Kier molecular flexibility index (Phi) is 4.16. The molecule has 0 spiro atoms. The van der Waals surface area contributed by atoms with Crippen molar-refractivity contribution in [2.75, 3.05) is 12.3 Å². The lowest BCUT2D eigenvalue weighted by Crippen LogP contribution is -2.17. The summed E-state index contributed by atoms with van der Waals surface area (Å²) in [6, 6.07) is 4.15. The van der Waals surface area contributed by atoms with Crippen LogP contribution in [0.4, 0.5) is 13.2 Å². The van der Waals surface area contributed by atoms with Crippen molar-refractivity contribution >= 4 is 9.84 Å². The number of hydrogen-bond acceptors (Lipinski definition) is 3. The van der Waals surface area contributed by atoms with Crippen LogP contribution in [0.1, 0.15) is 12.0 Å². The van der Waals surface area contributed by atoms with E-state index < -0.39 is 26.5 Å². The fraction of sp³-hybridized carbons (Fsp3) is 0.400. The quantitative estimate of drug-likeness (QED) is 0.905. The van der Waals surface area contributed by atoms with E-state index in [4.69, 9.17) is 5.73 Å². The third-order valence-electron chi connectivity index (χ3n) is 2.14. The van der Waals surface area contributed by atoms with E-state index in [0.717, 1.165) is 18.2 Å². The molecule has 0 aromatic heterocycles. The Morgan fingerprint density at radius 2 is 1.76 bits per heavy atom. The maximum absolute atomic E-state index is 12.6. The summed E-state index contributed by atoms with van der Waals surface area (Å²) >= 11 is 0. The van der Waals surface area contributed by atoms with Crippen molar-refractivity contribution in [3.05, 3.63) is 29.8 Å². The van der Waals surface area contributed by atoms with Gasteiger partial charge >= 0.3 is 6.18 Å². The maximum atomic E-state index is 12.6. The smallest absolute Gasteiger partial charge is 0.330 e. The molecule has 0 saturated heterocycles. The molecule has 0 unspecified atom stereocenters. The Balaban J connectivity index is 3.23. The first-order valence-corrected chi connectivity index (χ1v) is 6.53. The molecular weight excluding hydrogens is 255 g/mol. The lowest BCUT2D eigenvalue weighted by Gasteiger charge is -2.12. The zero-order valence-corrected chi connectivity index (χ0v) is 9.68. The summed E-state index contributed by atoms with van der Waals surface area (Å²) in [6.07, 6.45) is -4.54. The Morgan fingerprint density at radius 3 is 2.29 bits per heavy atom. The summed E-state index contributed by atoms with van der Waals surface area (Å²) in [4.78, 5) is -0.680. The molecule has 0 aliphatic carbocycles. The Morgan fingerprint density at radius 1 is 1.18 bits per heavy atom. The van der Waals surface area contributed by atoms with Gasteiger partial charge in [-0.3, -0.25) is 0 Å². The van der Waals surface area contributed by atoms with Gasteiger partial charge in [0.1, 0.15) is 0 Å². The molecule has 0 atom stereocenters. The highest BCUT2D eigenvalue weighted by Crippen LogP contribution is 2.34. The van der Waals surface area contributed by atoms with E-state index in [1.807, 2.05) is 0 Å². The molecular formula is C10H12F3NO2S. The minimum atomic E-state index is -4.67. The Bertz CT molecular complexity index is 483. The van der Waals surface area contributed by atoms with Gasteiger partial charge in [0.25, 0.3) is 0 Å². The van der Waals surface area contributed by atoms with Crippen molar-refractivity contribution in [3.63, 3.8) is 0 Å². The summed E-state index contributed by atoms with van der Waals surface area (Å²) in [5, 5.41) is 0. The van der Waals surface area contributed by atoms with Crippen LogP contribution in [-0.2, 0) is 16.0 Å². The van der Waals surface area contributed by atoms with E-state index in [2.05, 4.69) is 0 Å². The van der Waals surface area contributed by atoms with E-state index in [1.54, 1.807) is 0 Å². The van der Waals surface area contributed by atoms with Crippen molar-refractivity contribution in [2.24, 2.45) is 5.73 Å². The zero-order valence-electron chi connectivity index (χ0n) is 8.87. The molecule has 1 aromatic carbocycles. The number of rotatable bonds is 4. The van der Waals surface area contributed by atoms with Crippen molar-refractivity contribution in [2.45, 2.75) is 17.5 Å². The zero-order chi connectivity index (χ0) is 13.1. The van der Waals surface area contributed by atoms with Crippen LogP contribution in [0.3, 0.4) is 0 Å². The third kappa shape index (κ3) is 3.44. The first-order valence-electron chi connectivity index (χ1n) is 4.88. The van der Waals surface area contributed by atoms with E-state index >= 15 is 0 Å². The second kappa shape index (κ2) is 5.05. The fourth-order valence-corrected chi connectivity index (χ4v) is 2.93. The predicted octanol–water partition coefficient (Wildman–Crippen LogP) is 1.83. The van der Waals surface area contributed by atoms with Gasteiger partial charge in [-0.05, 0) is 25.1 Å². The minimum Gasteiger partial charge on any atom is -0.330 e. The molecule has 1 aromatic rings. The van der Waals surface area contributed by atoms with Crippen LogP contribution < -0.4 is 5.73 Å². The molecule has 7 heteroatoms. The summed E-state index contributed by atoms with van der Waals surface area (Å²) in [7, 11) is -3.94.